The van der Waals surface area contributed by atoms with Gasteiger partial charge in [-0.3, -0.25) is 9.59 Å². The van der Waals surface area contributed by atoms with Crippen molar-refractivity contribution in [2.45, 2.75) is 6.92 Å². The summed E-state index contributed by atoms with van der Waals surface area (Å²) in [6, 6.07) is 3.54. The quantitative estimate of drug-likeness (QED) is 0.772. The number of nitrogen functional groups attached to an aromatic ring is 1. The van der Waals surface area contributed by atoms with Gasteiger partial charge in [0.05, 0.1) is 12.1 Å². The maximum Gasteiger partial charge on any atom is 0.256 e. The number of hydrogen-bond acceptors (Lipinski definition) is 3. The minimum Gasteiger partial charge on any atom is -0.398 e. The maximum absolute atomic E-state index is 12.9. The van der Waals surface area contributed by atoms with Crippen LogP contribution >= 0.6 is 0 Å². The number of hydrogen-bond donors (Lipinski definition) is 2. The minimum atomic E-state index is -0.504. The Morgan fingerprint density at radius 1 is 1.44 bits per heavy atom. The van der Waals surface area contributed by atoms with Gasteiger partial charge in [-0.15, -0.1) is 0 Å². The Hall–Kier alpha value is -2.11. The molecule has 5 nitrogen and oxygen atoms in total. The van der Waals surface area contributed by atoms with Crippen molar-refractivity contribution >= 4 is 17.5 Å². The van der Waals surface area contributed by atoms with E-state index >= 15 is 0 Å². The molecule has 0 saturated heterocycles. The van der Waals surface area contributed by atoms with Crippen LogP contribution in [0.15, 0.2) is 18.2 Å². The molecular formula is C12H16FN3O2. The standard InChI is InChI=1S/C12H16FN3O2/c1-3-15-11(17)7-16(2)12(18)9-5-4-8(13)6-10(9)14/h4-6H,3,7,14H2,1-2H3,(H,15,17). The molecule has 0 saturated carbocycles. The molecule has 6 heteroatoms. The summed E-state index contributed by atoms with van der Waals surface area (Å²) >= 11 is 0. The first-order valence-electron chi connectivity index (χ1n) is 5.53. The zero-order chi connectivity index (χ0) is 13.7. The lowest BCUT2D eigenvalue weighted by Gasteiger charge is -2.17. The highest BCUT2D eigenvalue weighted by Crippen LogP contribution is 2.15. The highest BCUT2D eigenvalue weighted by atomic mass is 19.1. The molecule has 2 amide bonds. The van der Waals surface area contributed by atoms with E-state index < -0.39 is 11.7 Å². The zero-order valence-corrected chi connectivity index (χ0v) is 10.4. The van der Waals surface area contributed by atoms with Crippen molar-refractivity contribution < 1.29 is 14.0 Å². The van der Waals surface area contributed by atoms with Crippen LogP contribution in [0, 0.1) is 5.82 Å². The number of carbonyl (C=O) groups is 2. The molecule has 18 heavy (non-hydrogen) atoms. The van der Waals surface area contributed by atoms with Gasteiger partial charge in [-0.2, -0.15) is 0 Å². The van der Waals surface area contributed by atoms with Gasteiger partial charge in [-0.05, 0) is 25.1 Å². The van der Waals surface area contributed by atoms with Crippen LogP contribution in [0.1, 0.15) is 17.3 Å². The van der Waals surface area contributed by atoms with Crippen LogP contribution in [0.4, 0.5) is 10.1 Å². The molecule has 0 unspecified atom stereocenters. The summed E-state index contributed by atoms with van der Waals surface area (Å²) in [4.78, 5) is 24.5. The largest absolute Gasteiger partial charge is 0.398 e. The third-order valence-corrected chi connectivity index (χ3v) is 2.35. The molecule has 1 rings (SSSR count). The molecule has 0 heterocycles. The number of benzene rings is 1. The molecule has 0 radical (unpaired) electrons. The molecule has 0 bridgehead atoms. The molecule has 98 valence electrons. The van der Waals surface area contributed by atoms with E-state index in [0.29, 0.717) is 6.54 Å². The maximum atomic E-state index is 12.9. The van der Waals surface area contributed by atoms with Crippen LogP contribution in [0.5, 0.6) is 0 Å². The fourth-order valence-electron chi connectivity index (χ4n) is 1.47. The van der Waals surface area contributed by atoms with E-state index in [9.17, 15) is 14.0 Å². The average Bonchev–Trinajstić information content (AvgIpc) is 2.28. The third kappa shape index (κ3) is 3.44. The lowest BCUT2D eigenvalue weighted by molar-refractivity contribution is -0.121. The van der Waals surface area contributed by atoms with Crippen molar-refractivity contribution in [3.05, 3.63) is 29.6 Å². The summed E-state index contributed by atoms with van der Waals surface area (Å²) < 4.78 is 12.9. The first-order chi connectivity index (χ1) is 8.45. The topological polar surface area (TPSA) is 75.4 Å². The molecule has 0 spiro atoms. The molecule has 0 aliphatic heterocycles. The van der Waals surface area contributed by atoms with Crippen LogP contribution < -0.4 is 11.1 Å². The lowest BCUT2D eigenvalue weighted by Crippen LogP contribution is -2.38. The molecule has 1 aromatic rings. The smallest absolute Gasteiger partial charge is 0.256 e. The molecule has 0 fully saturated rings. The Morgan fingerprint density at radius 2 is 2.11 bits per heavy atom. The third-order valence-electron chi connectivity index (χ3n) is 2.35. The van der Waals surface area contributed by atoms with Crippen molar-refractivity contribution in [2.75, 3.05) is 25.9 Å². The number of carbonyl (C=O) groups excluding carboxylic acids is 2. The van der Waals surface area contributed by atoms with Crippen molar-refractivity contribution in [3.8, 4) is 0 Å². The molecule has 0 aromatic heterocycles. The van der Waals surface area contributed by atoms with Crippen LogP contribution in [-0.4, -0.2) is 36.9 Å². The number of amides is 2. The van der Waals surface area contributed by atoms with E-state index in [1.54, 1.807) is 6.92 Å². The van der Waals surface area contributed by atoms with Gasteiger partial charge in [0.2, 0.25) is 5.91 Å². The number of likely N-dealkylation sites (N-methyl/N-ethyl adjacent to an activating group) is 2. The molecule has 0 atom stereocenters. The fourth-order valence-corrected chi connectivity index (χ4v) is 1.47. The summed E-state index contributed by atoms with van der Waals surface area (Å²) in [6.07, 6.45) is 0. The molecule has 0 aliphatic carbocycles. The molecule has 1 aromatic carbocycles. The second kappa shape index (κ2) is 6.00. The Labute approximate surface area is 105 Å². The van der Waals surface area contributed by atoms with Gasteiger partial charge >= 0.3 is 0 Å². The summed E-state index contributed by atoms with van der Waals surface area (Å²) in [5.41, 5.74) is 5.80. The van der Waals surface area contributed by atoms with Crippen LogP contribution in [0.25, 0.3) is 0 Å². The van der Waals surface area contributed by atoms with Crippen LogP contribution in [0.3, 0.4) is 0 Å². The summed E-state index contributed by atoms with van der Waals surface area (Å²) in [5.74, 6) is -1.18. The predicted molar refractivity (Wildman–Crippen MR) is 66.5 cm³/mol. The van der Waals surface area contributed by atoms with Gasteiger partial charge in [0.25, 0.3) is 5.91 Å². The Balaban J connectivity index is 2.77. The first-order valence-corrected chi connectivity index (χ1v) is 5.53. The number of rotatable bonds is 4. The van der Waals surface area contributed by atoms with E-state index in [4.69, 9.17) is 5.73 Å². The monoisotopic (exact) mass is 253 g/mol. The summed E-state index contributed by atoms with van der Waals surface area (Å²) in [6.45, 7) is 2.22. The van der Waals surface area contributed by atoms with E-state index in [2.05, 4.69) is 5.32 Å². The highest BCUT2D eigenvalue weighted by molar-refractivity contribution is 6.00. The van der Waals surface area contributed by atoms with Crippen molar-refractivity contribution in [1.29, 1.82) is 0 Å². The second-order valence-corrected chi connectivity index (χ2v) is 3.85. The lowest BCUT2D eigenvalue weighted by atomic mass is 10.1. The van der Waals surface area contributed by atoms with Gasteiger partial charge in [-0.25, -0.2) is 4.39 Å². The van der Waals surface area contributed by atoms with E-state index in [1.165, 1.54) is 18.0 Å². The summed E-state index contributed by atoms with van der Waals surface area (Å²) in [7, 11) is 1.49. The molecular weight excluding hydrogens is 237 g/mol. The normalized spacial score (nSPS) is 9.94. The van der Waals surface area contributed by atoms with Crippen LogP contribution in [-0.2, 0) is 4.79 Å². The highest BCUT2D eigenvalue weighted by Gasteiger charge is 2.17. The number of halogens is 1. The predicted octanol–water partition coefficient (Wildman–Crippen LogP) is 0.616. The molecule has 3 N–H and O–H groups in total. The second-order valence-electron chi connectivity index (χ2n) is 3.85. The van der Waals surface area contributed by atoms with Gasteiger partial charge < -0.3 is 16.0 Å². The van der Waals surface area contributed by atoms with Gasteiger partial charge in [0.1, 0.15) is 5.82 Å². The number of nitrogens with zero attached hydrogens (tertiary/aromatic N) is 1. The Kier molecular flexibility index (Phi) is 4.65. The number of nitrogens with one attached hydrogen (secondary N) is 1. The van der Waals surface area contributed by atoms with Gasteiger partial charge in [0.15, 0.2) is 0 Å². The van der Waals surface area contributed by atoms with Crippen LogP contribution in [0.2, 0.25) is 0 Å². The van der Waals surface area contributed by atoms with Gasteiger partial charge in [-0.1, -0.05) is 0 Å². The van der Waals surface area contributed by atoms with Crippen molar-refractivity contribution in [3.63, 3.8) is 0 Å². The van der Waals surface area contributed by atoms with E-state index in [1.807, 2.05) is 0 Å². The number of anilines is 1. The van der Waals surface area contributed by atoms with Gasteiger partial charge in [0, 0.05) is 19.3 Å². The number of nitrogens with two attached hydrogens (primary N) is 1. The van der Waals surface area contributed by atoms with Crippen molar-refractivity contribution in [1.82, 2.24) is 10.2 Å². The van der Waals surface area contributed by atoms with Crippen molar-refractivity contribution in [2.24, 2.45) is 0 Å². The zero-order valence-electron chi connectivity index (χ0n) is 10.4. The Morgan fingerprint density at radius 3 is 2.67 bits per heavy atom. The fraction of sp³-hybridized carbons (Fsp3) is 0.333. The SMILES string of the molecule is CCNC(=O)CN(C)C(=O)c1ccc(F)cc1N. The first kappa shape index (κ1) is 14.0. The molecule has 0 aliphatic rings. The van der Waals surface area contributed by atoms with E-state index in [-0.39, 0.29) is 23.7 Å². The average molecular weight is 253 g/mol. The minimum absolute atomic E-state index is 0.0581. The van der Waals surface area contributed by atoms with E-state index in [0.717, 1.165) is 12.1 Å². The Bertz CT molecular complexity index is 463. The summed E-state index contributed by atoms with van der Waals surface area (Å²) in [5, 5.41) is 2.58.